The number of furan rings is 1. The minimum Gasteiger partial charge on any atom is -0.463 e. The van der Waals surface area contributed by atoms with Crippen LogP contribution < -0.4 is 10.6 Å². The van der Waals surface area contributed by atoms with Crippen molar-refractivity contribution in [2.45, 2.75) is 6.42 Å². The number of nitrogens with zero attached hydrogens (tertiary/aromatic N) is 1. The van der Waals surface area contributed by atoms with Crippen LogP contribution in [0.15, 0.2) is 95.7 Å². The maximum Gasteiger partial charge on any atom is 0.261 e. The second-order valence-corrected chi connectivity index (χ2v) is 8.54. The van der Waals surface area contributed by atoms with Gasteiger partial charge in [0.1, 0.15) is 11.8 Å². The van der Waals surface area contributed by atoms with Gasteiger partial charge in [-0.2, -0.15) is 0 Å². The number of hydrogen-bond acceptors (Lipinski definition) is 5. The van der Waals surface area contributed by atoms with Gasteiger partial charge in [0.15, 0.2) is 5.13 Å². The number of nitrogens with one attached hydrogen (secondary N) is 2. The van der Waals surface area contributed by atoms with Crippen LogP contribution in [0.5, 0.6) is 0 Å². The van der Waals surface area contributed by atoms with Gasteiger partial charge in [0, 0.05) is 34.1 Å². The lowest BCUT2D eigenvalue weighted by Gasteiger charge is -2.06. The quantitative estimate of drug-likeness (QED) is 0.331. The third kappa shape index (κ3) is 4.68. The summed E-state index contributed by atoms with van der Waals surface area (Å²) in [5.74, 6) is -0.406. The van der Waals surface area contributed by atoms with Gasteiger partial charge in [-0.25, -0.2) is 4.98 Å². The van der Waals surface area contributed by atoms with Gasteiger partial charge in [-0.1, -0.05) is 48.5 Å². The van der Waals surface area contributed by atoms with E-state index in [1.54, 1.807) is 18.3 Å². The van der Waals surface area contributed by atoms with Gasteiger partial charge in [-0.3, -0.25) is 14.9 Å². The molecule has 7 heteroatoms. The van der Waals surface area contributed by atoms with Crippen LogP contribution in [0.3, 0.4) is 0 Å². The number of para-hydroxylation sites is 2. The summed E-state index contributed by atoms with van der Waals surface area (Å²) in [4.78, 5) is 30.4. The molecular formula is C26H19N3O3S. The van der Waals surface area contributed by atoms with Crippen LogP contribution in [0, 0.1) is 0 Å². The molecule has 6 nitrogen and oxygen atoms in total. The van der Waals surface area contributed by atoms with Crippen LogP contribution in [0.2, 0.25) is 0 Å². The number of thiazole rings is 1. The zero-order valence-corrected chi connectivity index (χ0v) is 18.3. The summed E-state index contributed by atoms with van der Waals surface area (Å²) in [5.41, 5.74) is 3.55. The molecule has 33 heavy (non-hydrogen) atoms. The van der Waals surface area contributed by atoms with Gasteiger partial charge < -0.3 is 9.73 Å². The first-order valence-electron chi connectivity index (χ1n) is 10.3. The Labute approximate surface area is 193 Å². The van der Waals surface area contributed by atoms with Gasteiger partial charge >= 0.3 is 0 Å². The molecule has 0 aliphatic rings. The Balaban J connectivity index is 1.21. The van der Waals surface area contributed by atoms with Crippen LogP contribution in [0.4, 0.5) is 10.8 Å². The van der Waals surface area contributed by atoms with Gasteiger partial charge in [0.25, 0.3) is 11.8 Å². The fraction of sp³-hybridized carbons (Fsp3) is 0.0385. The highest BCUT2D eigenvalue weighted by Gasteiger charge is 2.15. The van der Waals surface area contributed by atoms with E-state index in [-0.39, 0.29) is 11.8 Å². The second kappa shape index (κ2) is 9.10. The summed E-state index contributed by atoms with van der Waals surface area (Å²) < 4.78 is 5.45. The van der Waals surface area contributed by atoms with E-state index in [9.17, 15) is 9.59 Å². The predicted octanol–water partition coefficient (Wildman–Crippen LogP) is 5.98. The van der Waals surface area contributed by atoms with E-state index in [2.05, 4.69) is 15.6 Å². The van der Waals surface area contributed by atoms with Gasteiger partial charge in [-0.05, 0) is 35.9 Å². The van der Waals surface area contributed by atoms with E-state index in [1.165, 1.54) is 17.6 Å². The van der Waals surface area contributed by atoms with Crippen molar-refractivity contribution in [3.8, 4) is 0 Å². The van der Waals surface area contributed by atoms with Crippen LogP contribution in [0.1, 0.15) is 31.2 Å². The largest absolute Gasteiger partial charge is 0.463 e. The first kappa shape index (κ1) is 20.7. The van der Waals surface area contributed by atoms with Gasteiger partial charge in [0.05, 0.1) is 5.56 Å². The van der Waals surface area contributed by atoms with Crippen molar-refractivity contribution in [1.82, 2.24) is 4.98 Å². The zero-order chi connectivity index (χ0) is 22.6. The summed E-state index contributed by atoms with van der Waals surface area (Å²) in [6.45, 7) is 0. The Morgan fingerprint density at radius 3 is 2.42 bits per heavy atom. The molecule has 2 heterocycles. The highest BCUT2D eigenvalue weighted by Crippen LogP contribution is 2.25. The summed E-state index contributed by atoms with van der Waals surface area (Å²) >= 11 is 1.42. The maximum absolute atomic E-state index is 12.6. The lowest BCUT2D eigenvalue weighted by molar-refractivity contribution is 0.101. The zero-order valence-electron chi connectivity index (χ0n) is 17.4. The summed E-state index contributed by atoms with van der Waals surface area (Å²) in [6.07, 6.45) is 3.87. The molecule has 2 N–H and O–H groups in total. The third-order valence-corrected chi connectivity index (χ3v) is 6.04. The van der Waals surface area contributed by atoms with Crippen molar-refractivity contribution in [3.05, 3.63) is 113 Å². The molecule has 3 aromatic carbocycles. The molecule has 0 spiro atoms. The Morgan fingerprint density at radius 1 is 0.848 bits per heavy atom. The van der Waals surface area contributed by atoms with E-state index >= 15 is 0 Å². The molecule has 0 saturated heterocycles. The van der Waals surface area contributed by atoms with E-state index < -0.39 is 0 Å². The molecule has 5 rings (SSSR count). The molecule has 0 atom stereocenters. The minimum absolute atomic E-state index is 0.151. The van der Waals surface area contributed by atoms with E-state index in [4.69, 9.17) is 4.42 Å². The molecule has 0 aliphatic carbocycles. The van der Waals surface area contributed by atoms with Gasteiger partial charge in [-0.15, -0.1) is 11.3 Å². The topological polar surface area (TPSA) is 84.2 Å². The number of carbonyl (C=O) groups excluding carboxylic acids is 2. The fourth-order valence-electron chi connectivity index (χ4n) is 3.47. The first-order valence-corrected chi connectivity index (χ1v) is 11.1. The molecule has 0 unspecified atom stereocenters. The minimum atomic E-state index is -0.255. The van der Waals surface area contributed by atoms with Gasteiger partial charge in [0.2, 0.25) is 0 Å². The predicted molar refractivity (Wildman–Crippen MR) is 130 cm³/mol. The standard InChI is InChI=1S/C26H19N3O3S/c30-24(28-19-6-2-1-3-7-19)18-12-10-17(11-13-18)14-20-15-27-26(33-20)29-25(31)22-16-32-23-9-5-4-8-21(22)23/h1-13,15-16H,14H2,(H,28,30)(H,27,29,31). The van der Waals surface area contributed by atoms with Crippen molar-refractivity contribution >= 4 is 44.9 Å². The number of benzene rings is 3. The number of hydrogen-bond donors (Lipinski definition) is 2. The van der Waals surface area contributed by atoms with Crippen LogP contribution in [0.25, 0.3) is 11.0 Å². The molecule has 162 valence electrons. The molecule has 0 radical (unpaired) electrons. The number of anilines is 2. The highest BCUT2D eigenvalue weighted by molar-refractivity contribution is 7.15. The van der Waals surface area contributed by atoms with E-state index in [0.29, 0.717) is 28.3 Å². The summed E-state index contributed by atoms with van der Waals surface area (Å²) in [5, 5.41) is 7.02. The number of carbonyl (C=O) groups is 2. The van der Waals surface area contributed by atoms with Crippen LogP contribution >= 0.6 is 11.3 Å². The molecule has 2 amide bonds. The van der Waals surface area contributed by atoms with E-state index in [0.717, 1.165) is 21.5 Å². The van der Waals surface area contributed by atoms with Crippen molar-refractivity contribution in [2.24, 2.45) is 0 Å². The fourth-order valence-corrected chi connectivity index (χ4v) is 4.31. The Bertz CT molecular complexity index is 1420. The molecule has 2 aromatic heterocycles. The van der Waals surface area contributed by atoms with Crippen LogP contribution in [-0.4, -0.2) is 16.8 Å². The smallest absolute Gasteiger partial charge is 0.261 e. The maximum atomic E-state index is 12.6. The molecule has 5 aromatic rings. The number of aromatic nitrogens is 1. The number of fused-ring (bicyclic) bond motifs is 1. The van der Waals surface area contributed by atoms with Crippen molar-refractivity contribution in [3.63, 3.8) is 0 Å². The van der Waals surface area contributed by atoms with E-state index in [1.807, 2.05) is 66.7 Å². The molecule has 0 bridgehead atoms. The summed E-state index contributed by atoms with van der Waals surface area (Å²) in [6, 6.07) is 24.2. The third-order valence-electron chi connectivity index (χ3n) is 5.13. The SMILES string of the molecule is O=C(Nc1ccccc1)c1ccc(Cc2cnc(NC(=O)c3coc4ccccc34)s2)cc1. The second-order valence-electron chi connectivity index (χ2n) is 7.43. The molecule has 0 fully saturated rings. The monoisotopic (exact) mass is 453 g/mol. The van der Waals surface area contributed by atoms with Crippen molar-refractivity contribution in [2.75, 3.05) is 10.6 Å². The Morgan fingerprint density at radius 2 is 1.61 bits per heavy atom. The molecule has 0 saturated carbocycles. The molecule has 0 aliphatic heterocycles. The Hall–Kier alpha value is -4.23. The average molecular weight is 454 g/mol. The molecular weight excluding hydrogens is 434 g/mol. The highest BCUT2D eigenvalue weighted by atomic mass is 32.1. The lowest BCUT2D eigenvalue weighted by atomic mass is 10.1. The normalized spacial score (nSPS) is 10.8. The summed E-state index contributed by atoms with van der Waals surface area (Å²) in [7, 11) is 0. The first-order chi connectivity index (χ1) is 16.2. The number of rotatable bonds is 6. The van der Waals surface area contributed by atoms with Crippen LogP contribution in [-0.2, 0) is 6.42 Å². The van der Waals surface area contributed by atoms with Crippen molar-refractivity contribution < 1.29 is 14.0 Å². The van der Waals surface area contributed by atoms with Crippen molar-refractivity contribution in [1.29, 1.82) is 0 Å². The average Bonchev–Trinajstić information content (AvgIpc) is 3.47. The Kier molecular flexibility index (Phi) is 5.70. The lowest BCUT2D eigenvalue weighted by Crippen LogP contribution is -2.11. The number of amides is 2.